The number of nitrogens with two attached hydrogens (primary N) is 2. The van der Waals surface area contributed by atoms with Crippen molar-refractivity contribution < 1.29 is 29.4 Å². The highest BCUT2D eigenvalue weighted by molar-refractivity contribution is 7.13. The number of hydrogen-bond donors (Lipinski definition) is 8. The molecule has 4 rings (SSSR count). The molecule has 0 aliphatic heterocycles. The maximum atomic E-state index is 14.0. The van der Waals surface area contributed by atoms with Gasteiger partial charge >= 0.3 is 12.1 Å². The third kappa shape index (κ3) is 13.4. The standard InChI is InChI=1S/C40H56N10O6S2/c1-23(2)31(47-39(55)49(5)19-27-21-57-37(41)43-27)35(53)45-29(17-25-13-9-7-10-14-25)33(51)34(52)30(18-26-15-11-8-12-16-26)46-36(54)32(24(3)4)48-40(56)50(6)20-28-22-58-38(42)44-28/h7-16,21-24,29-34,51-52H,17-20H2,1-6H3,(H2,41,43)(H2,42,44)(H,45,53)(H,46,54)(H,47,55)(H,48,56)/t29-,30-,31-,32+,33+,34+/m0/s1. The molecular formula is C40H56N10O6S2. The van der Waals surface area contributed by atoms with E-state index in [1.165, 1.54) is 32.5 Å². The second-order valence-corrected chi connectivity index (χ2v) is 16.8. The SMILES string of the molecule is CC(C)[C@H](NC(=O)N(C)Cc1csc(N)n1)C(=O)N[C@@H](Cc1ccccc1)[C@@H](O)[C@H](O)[C@H](Cc1ccccc1)NC(=O)[C@H](NC(=O)N(C)Cc1csc(N)n1)C(C)C. The first-order chi connectivity index (χ1) is 27.5. The van der Waals surface area contributed by atoms with E-state index in [0.29, 0.717) is 21.7 Å². The van der Waals surface area contributed by atoms with Crippen molar-refractivity contribution in [2.75, 3.05) is 25.6 Å². The van der Waals surface area contributed by atoms with Crippen LogP contribution in [0.2, 0.25) is 0 Å². The highest BCUT2D eigenvalue weighted by atomic mass is 32.1. The van der Waals surface area contributed by atoms with Crippen LogP contribution in [-0.4, -0.2) is 104 Å². The largest absolute Gasteiger partial charge is 0.388 e. The van der Waals surface area contributed by atoms with Gasteiger partial charge in [0.25, 0.3) is 0 Å². The molecular weight excluding hydrogens is 781 g/mol. The van der Waals surface area contributed by atoms with Gasteiger partial charge < -0.3 is 52.7 Å². The summed E-state index contributed by atoms with van der Waals surface area (Å²) in [5, 5.41) is 39.6. The molecule has 4 aromatic rings. The molecule has 10 N–H and O–H groups in total. The van der Waals surface area contributed by atoms with Crippen molar-refractivity contribution in [3.8, 4) is 0 Å². The lowest BCUT2D eigenvalue weighted by Gasteiger charge is -2.35. The lowest BCUT2D eigenvalue weighted by molar-refractivity contribution is -0.129. The van der Waals surface area contributed by atoms with E-state index in [0.717, 1.165) is 11.1 Å². The summed E-state index contributed by atoms with van der Waals surface area (Å²) in [6, 6.07) is 13.1. The third-order valence-electron chi connectivity index (χ3n) is 9.51. The number of aliphatic hydroxyl groups is 2. The highest BCUT2D eigenvalue weighted by Gasteiger charge is 2.38. The van der Waals surface area contributed by atoms with E-state index >= 15 is 0 Å². The van der Waals surface area contributed by atoms with Crippen molar-refractivity contribution in [2.45, 2.75) is 90.0 Å². The summed E-state index contributed by atoms with van der Waals surface area (Å²) in [4.78, 5) is 65.7. The Bertz CT molecular complexity index is 1790. The normalized spacial score (nSPS) is 14.4. The Balaban J connectivity index is 1.55. The van der Waals surface area contributed by atoms with Gasteiger partial charge in [0.2, 0.25) is 11.8 Å². The van der Waals surface area contributed by atoms with E-state index in [9.17, 15) is 29.4 Å². The zero-order valence-electron chi connectivity index (χ0n) is 33.7. The van der Waals surface area contributed by atoms with Gasteiger partial charge in [0, 0.05) is 24.9 Å². The summed E-state index contributed by atoms with van der Waals surface area (Å²) >= 11 is 2.52. The first-order valence-corrected chi connectivity index (χ1v) is 20.8. The van der Waals surface area contributed by atoms with Crippen molar-refractivity contribution in [1.82, 2.24) is 41.0 Å². The molecule has 0 spiro atoms. The van der Waals surface area contributed by atoms with E-state index in [2.05, 4.69) is 31.2 Å². The van der Waals surface area contributed by atoms with Crippen LogP contribution in [0.4, 0.5) is 19.9 Å². The highest BCUT2D eigenvalue weighted by Crippen LogP contribution is 2.18. The van der Waals surface area contributed by atoms with Crippen LogP contribution in [0.15, 0.2) is 71.4 Å². The summed E-state index contributed by atoms with van der Waals surface area (Å²) in [7, 11) is 3.15. The van der Waals surface area contributed by atoms with Gasteiger partial charge in [-0.2, -0.15) is 0 Å². The summed E-state index contributed by atoms with van der Waals surface area (Å²) in [6.45, 7) is 7.47. The predicted molar refractivity (Wildman–Crippen MR) is 226 cm³/mol. The van der Waals surface area contributed by atoms with Crippen molar-refractivity contribution >= 4 is 56.8 Å². The maximum absolute atomic E-state index is 14.0. The average Bonchev–Trinajstić information content (AvgIpc) is 3.80. The first-order valence-electron chi connectivity index (χ1n) is 19.0. The van der Waals surface area contributed by atoms with Crippen molar-refractivity contribution in [3.63, 3.8) is 0 Å². The molecule has 0 radical (unpaired) electrons. The van der Waals surface area contributed by atoms with Gasteiger partial charge in [-0.25, -0.2) is 19.6 Å². The van der Waals surface area contributed by atoms with E-state index in [1.54, 1.807) is 52.6 Å². The molecule has 58 heavy (non-hydrogen) atoms. The van der Waals surface area contributed by atoms with Crippen molar-refractivity contribution in [3.05, 3.63) is 93.9 Å². The molecule has 0 fully saturated rings. The summed E-state index contributed by atoms with van der Waals surface area (Å²) < 4.78 is 0. The van der Waals surface area contributed by atoms with Crippen LogP contribution < -0.4 is 32.7 Å². The zero-order valence-corrected chi connectivity index (χ0v) is 35.3. The van der Waals surface area contributed by atoms with Gasteiger partial charge in [-0.3, -0.25) is 9.59 Å². The van der Waals surface area contributed by atoms with Crippen LogP contribution in [0, 0.1) is 11.8 Å². The van der Waals surface area contributed by atoms with Gasteiger partial charge in [0.15, 0.2) is 10.3 Å². The summed E-state index contributed by atoms with van der Waals surface area (Å²) in [6.07, 6.45) is -2.99. The number of nitrogens with one attached hydrogen (secondary N) is 4. The van der Waals surface area contributed by atoms with Crippen LogP contribution in [0.3, 0.4) is 0 Å². The van der Waals surface area contributed by atoms with Crippen LogP contribution in [-0.2, 0) is 35.5 Å². The van der Waals surface area contributed by atoms with E-state index < -0.39 is 60.3 Å². The monoisotopic (exact) mass is 836 g/mol. The Kier molecular flexibility index (Phi) is 16.8. The number of amides is 6. The number of thiazole rings is 2. The van der Waals surface area contributed by atoms with Gasteiger partial charge in [0.1, 0.15) is 24.3 Å². The van der Waals surface area contributed by atoms with E-state index in [1.807, 2.05) is 60.7 Å². The number of nitrogens with zero attached hydrogens (tertiary/aromatic N) is 4. The van der Waals surface area contributed by atoms with Gasteiger partial charge in [0.05, 0.1) is 36.6 Å². The van der Waals surface area contributed by atoms with Gasteiger partial charge in [-0.1, -0.05) is 88.4 Å². The molecule has 18 heteroatoms. The van der Waals surface area contributed by atoms with Crippen molar-refractivity contribution in [1.29, 1.82) is 0 Å². The Morgan fingerprint density at radius 2 is 0.966 bits per heavy atom. The minimum Gasteiger partial charge on any atom is -0.388 e. The van der Waals surface area contributed by atoms with Gasteiger partial charge in [-0.05, 0) is 35.8 Å². The molecule has 6 amide bonds. The molecule has 6 atom stereocenters. The molecule has 0 unspecified atom stereocenters. The fourth-order valence-electron chi connectivity index (χ4n) is 6.25. The number of benzene rings is 2. The number of nitrogen functional groups attached to an aromatic ring is 2. The number of aromatic nitrogens is 2. The summed E-state index contributed by atoms with van der Waals surface area (Å²) in [5.41, 5.74) is 14.2. The van der Waals surface area contributed by atoms with E-state index in [4.69, 9.17) is 11.5 Å². The topological polar surface area (TPSA) is 241 Å². The second kappa shape index (κ2) is 21.5. The molecule has 0 saturated heterocycles. The average molecular weight is 837 g/mol. The molecule has 0 bridgehead atoms. The number of rotatable bonds is 19. The lowest BCUT2D eigenvalue weighted by Crippen LogP contribution is -2.62. The number of anilines is 2. The molecule has 16 nitrogen and oxygen atoms in total. The Morgan fingerprint density at radius 1 is 0.621 bits per heavy atom. The molecule has 0 saturated carbocycles. The second-order valence-electron chi connectivity index (χ2n) is 15.0. The Morgan fingerprint density at radius 3 is 1.26 bits per heavy atom. The number of carbonyl (C=O) groups excluding carboxylic acids is 4. The number of carbonyl (C=O) groups is 4. The zero-order chi connectivity index (χ0) is 42.5. The quantitative estimate of drug-likeness (QED) is 0.0687. The number of urea groups is 2. The minimum absolute atomic E-state index is 0.113. The fraction of sp³-hybridized carbons (Fsp3) is 0.450. The molecule has 2 aromatic heterocycles. The maximum Gasteiger partial charge on any atom is 0.318 e. The Hall–Kier alpha value is -5.30. The Labute approximate surface area is 347 Å². The molecule has 0 aliphatic carbocycles. The molecule has 0 aliphatic rings. The minimum atomic E-state index is -1.61. The van der Waals surface area contributed by atoms with Gasteiger partial charge in [-0.15, -0.1) is 22.7 Å². The molecule has 314 valence electrons. The lowest BCUT2D eigenvalue weighted by atomic mass is 9.90. The third-order valence-corrected chi connectivity index (χ3v) is 11.0. The fourth-order valence-corrected chi connectivity index (χ4v) is 7.36. The first kappa shape index (κ1) is 45.4. The van der Waals surface area contributed by atoms with Crippen LogP contribution >= 0.6 is 22.7 Å². The smallest absolute Gasteiger partial charge is 0.318 e. The van der Waals surface area contributed by atoms with E-state index in [-0.39, 0.29) is 37.8 Å². The van der Waals surface area contributed by atoms with Crippen LogP contribution in [0.1, 0.15) is 50.2 Å². The molecule has 2 aromatic carbocycles. The predicted octanol–water partition coefficient (Wildman–Crippen LogP) is 2.97. The number of aliphatic hydroxyl groups excluding tert-OH is 2. The van der Waals surface area contributed by atoms with Crippen molar-refractivity contribution in [2.24, 2.45) is 11.8 Å². The summed E-state index contributed by atoms with van der Waals surface area (Å²) in [5.74, 6) is -1.87. The number of hydrogen-bond acceptors (Lipinski definition) is 12. The van der Waals surface area contributed by atoms with Crippen LogP contribution in [0.25, 0.3) is 0 Å². The van der Waals surface area contributed by atoms with Crippen LogP contribution in [0.5, 0.6) is 0 Å². The molecule has 2 heterocycles.